The summed E-state index contributed by atoms with van der Waals surface area (Å²) in [4.78, 5) is 0. The van der Waals surface area contributed by atoms with E-state index >= 15 is 0 Å². The van der Waals surface area contributed by atoms with Gasteiger partial charge in [-0.3, -0.25) is 0 Å². The maximum Gasteiger partial charge on any atom is 0.184 e. The molecule has 62 valence electrons. The van der Waals surface area contributed by atoms with Crippen molar-refractivity contribution in [1.29, 1.82) is 0 Å². The molecular formula is C7H17BrOSi. The number of hydrogen-bond donors (Lipinski definition) is 0. The molecule has 0 aliphatic heterocycles. The maximum atomic E-state index is 5.79. The minimum atomic E-state index is -1.28. The average Bonchev–Trinajstić information content (AvgIpc) is 1.59. The Balaban J connectivity index is 3.47. The lowest BCUT2D eigenvalue weighted by Crippen LogP contribution is -2.30. The molecule has 0 spiro atoms. The van der Waals surface area contributed by atoms with Crippen LogP contribution in [0.1, 0.15) is 13.3 Å². The van der Waals surface area contributed by atoms with Crippen molar-refractivity contribution in [3.63, 3.8) is 0 Å². The van der Waals surface area contributed by atoms with E-state index in [2.05, 4.69) is 42.5 Å². The lowest BCUT2D eigenvalue weighted by Gasteiger charge is -2.22. The van der Waals surface area contributed by atoms with Crippen LogP contribution in [-0.2, 0) is 4.43 Å². The van der Waals surface area contributed by atoms with Gasteiger partial charge < -0.3 is 4.43 Å². The third kappa shape index (κ3) is 6.77. The standard InChI is InChI=1S/C7H17BrOSi/c1-7(5-6-8)9-10(2,3)4/h7H,5-6H2,1-4H3. The van der Waals surface area contributed by atoms with Crippen LogP contribution >= 0.6 is 15.9 Å². The second kappa shape index (κ2) is 4.52. The largest absolute Gasteiger partial charge is 0.415 e. The fourth-order valence-electron chi connectivity index (χ4n) is 0.816. The van der Waals surface area contributed by atoms with Gasteiger partial charge in [-0.15, -0.1) is 0 Å². The van der Waals surface area contributed by atoms with Crippen molar-refractivity contribution in [2.45, 2.75) is 39.1 Å². The van der Waals surface area contributed by atoms with Crippen molar-refractivity contribution in [3.8, 4) is 0 Å². The van der Waals surface area contributed by atoms with Crippen molar-refractivity contribution in [2.75, 3.05) is 5.33 Å². The quantitative estimate of drug-likeness (QED) is 0.528. The minimum absolute atomic E-state index is 0.422. The van der Waals surface area contributed by atoms with Gasteiger partial charge in [-0.2, -0.15) is 0 Å². The smallest absolute Gasteiger partial charge is 0.184 e. The van der Waals surface area contributed by atoms with Gasteiger partial charge in [0.25, 0.3) is 0 Å². The molecule has 0 N–H and O–H groups in total. The highest BCUT2D eigenvalue weighted by Crippen LogP contribution is 2.09. The summed E-state index contributed by atoms with van der Waals surface area (Å²) in [7, 11) is -1.28. The van der Waals surface area contributed by atoms with Crippen molar-refractivity contribution in [3.05, 3.63) is 0 Å². The summed E-state index contributed by atoms with van der Waals surface area (Å²) in [6, 6.07) is 0. The van der Waals surface area contributed by atoms with Crippen LogP contribution < -0.4 is 0 Å². The second-order valence-corrected chi connectivity index (χ2v) is 8.77. The summed E-state index contributed by atoms with van der Waals surface area (Å²) in [5.74, 6) is 0. The van der Waals surface area contributed by atoms with Crippen LogP contribution in [0.15, 0.2) is 0 Å². The maximum absolute atomic E-state index is 5.79. The van der Waals surface area contributed by atoms with Crippen molar-refractivity contribution in [1.82, 2.24) is 0 Å². The molecule has 0 aromatic rings. The van der Waals surface area contributed by atoms with Crippen molar-refractivity contribution < 1.29 is 4.43 Å². The fraction of sp³-hybridized carbons (Fsp3) is 1.00. The van der Waals surface area contributed by atoms with E-state index in [1.807, 2.05) is 0 Å². The molecule has 3 heteroatoms. The van der Waals surface area contributed by atoms with Gasteiger partial charge in [0.05, 0.1) is 0 Å². The van der Waals surface area contributed by atoms with Crippen molar-refractivity contribution >= 4 is 24.2 Å². The Bertz CT molecular complexity index is 90.1. The predicted molar refractivity (Wildman–Crippen MR) is 52.3 cm³/mol. The third-order valence-electron chi connectivity index (χ3n) is 1.07. The number of rotatable bonds is 4. The van der Waals surface area contributed by atoms with Gasteiger partial charge >= 0.3 is 0 Å². The van der Waals surface area contributed by atoms with E-state index in [-0.39, 0.29) is 0 Å². The monoisotopic (exact) mass is 224 g/mol. The molecule has 0 aromatic carbocycles. The van der Waals surface area contributed by atoms with Crippen LogP contribution in [0.4, 0.5) is 0 Å². The summed E-state index contributed by atoms with van der Waals surface area (Å²) in [5, 5.41) is 1.04. The Morgan fingerprint density at radius 3 is 2.20 bits per heavy atom. The lowest BCUT2D eigenvalue weighted by molar-refractivity contribution is 0.211. The molecular weight excluding hydrogens is 208 g/mol. The Hall–Kier alpha value is 0.657. The number of alkyl halides is 1. The van der Waals surface area contributed by atoms with E-state index in [0.29, 0.717) is 6.10 Å². The summed E-state index contributed by atoms with van der Waals surface area (Å²) in [6.07, 6.45) is 1.54. The SMILES string of the molecule is CC(CCBr)O[Si](C)(C)C. The predicted octanol–water partition coefficient (Wildman–Crippen LogP) is 3.01. The highest BCUT2D eigenvalue weighted by molar-refractivity contribution is 9.09. The van der Waals surface area contributed by atoms with Crippen LogP contribution in [0.5, 0.6) is 0 Å². The zero-order valence-corrected chi connectivity index (χ0v) is 9.86. The molecule has 0 aliphatic rings. The van der Waals surface area contributed by atoms with Crippen LogP contribution in [0, 0.1) is 0 Å². The summed E-state index contributed by atoms with van der Waals surface area (Å²) in [5.41, 5.74) is 0. The van der Waals surface area contributed by atoms with Crippen molar-refractivity contribution in [2.24, 2.45) is 0 Å². The van der Waals surface area contributed by atoms with Gasteiger partial charge in [-0.25, -0.2) is 0 Å². The summed E-state index contributed by atoms with van der Waals surface area (Å²) < 4.78 is 5.79. The van der Waals surface area contributed by atoms with Gasteiger partial charge in [0.1, 0.15) is 0 Å². The first-order valence-electron chi connectivity index (χ1n) is 3.69. The molecule has 0 rings (SSSR count). The van der Waals surface area contributed by atoms with E-state index in [4.69, 9.17) is 4.43 Å². The first-order chi connectivity index (χ1) is 4.45. The van der Waals surface area contributed by atoms with E-state index in [1.165, 1.54) is 0 Å². The molecule has 0 aromatic heterocycles. The molecule has 0 heterocycles. The highest BCUT2D eigenvalue weighted by Gasteiger charge is 2.17. The van der Waals surface area contributed by atoms with E-state index in [1.54, 1.807) is 0 Å². The Labute approximate surface area is 73.4 Å². The van der Waals surface area contributed by atoms with Gasteiger partial charge in [0.15, 0.2) is 8.32 Å². The molecule has 0 aliphatic carbocycles. The van der Waals surface area contributed by atoms with E-state index < -0.39 is 8.32 Å². The zero-order valence-electron chi connectivity index (χ0n) is 7.28. The molecule has 10 heavy (non-hydrogen) atoms. The second-order valence-electron chi connectivity index (χ2n) is 3.52. The van der Waals surface area contributed by atoms with Crippen LogP contribution in [-0.4, -0.2) is 19.8 Å². The first-order valence-corrected chi connectivity index (χ1v) is 8.22. The van der Waals surface area contributed by atoms with E-state index in [0.717, 1.165) is 11.8 Å². The number of hydrogen-bond acceptors (Lipinski definition) is 1. The minimum Gasteiger partial charge on any atom is -0.415 e. The Morgan fingerprint density at radius 1 is 1.40 bits per heavy atom. The molecule has 0 amide bonds. The number of halogens is 1. The molecule has 0 radical (unpaired) electrons. The zero-order chi connectivity index (χ0) is 8.20. The summed E-state index contributed by atoms with van der Waals surface area (Å²) >= 11 is 3.39. The van der Waals surface area contributed by atoms with E-state index in [9.17, 15) is 0 Å². The molecule has 0 saturated carbocycles. The van der Waals surface area contributed by atoms with Gasteiger partial charge in [-0.05, 0) is 33.0 Å². The first kappa shape index (κ1) is 10.7. The average molecular weight is 225 g/mol. The fourth-order valence-corrected chi connectivity index (χ4v) is 2.79. The molecule has 1 nitrogen and oxygen atoms in total. The van der Waals surface area contributed by atoms with Gasteiger partial charge in [0.2, 0.25) is 0 Å². The lowest BCUT2D eigenvalue weighted by atomic mass is 10.3. The third-order valence-corrected chi connectivity index (χ3v) is 2.64. The Morgan fingerprint density at radius 2 is 1.90 bits per heavy atom. The molecule has 0 saturated heterocycles. The molecule has 0 bridgehead atoms. The van der Waals surface area contributed by atoms with Crippen LogP contribution in [0.3, 0.4) is 0 Å². The molecule has 0 fully saturated rings. The van der Waals surface area contributed by atoms with Crippen LogP contribution in [0.2, 0.25) is 19.6 Å². The summed E-state index contributed by atoms with van der Waals surface area (Å²) in [6.45, 7) is 8.80. The molecule has 1 atom stereocenters. The molecule has 1 unspecified atom stereocenters. The van der Waals surface area contributed by atoms with Gasteiger partial charge in [0, 0.05) is 11.4 Å². The highest BCUT2D eigenvalue weighted by atomic mass is 79.9. The Kier molecular flexibility index (Phi) is 4.81. The normalized spacial score (nSPS) is 15.3. The topological polar surface area (TPSA) is 9.23 Å². The van der Waals surface area contributed by atoms with Gasteiger partial charge in [-0.1, -0.05) is 15.9 Å². The van der Waals surface area contributed by atoms with Crippen LogP contribution in [0.25, 0.3) is 0 Å².